The molecular weight excluding hydrogens is 270 g/mol. The van der Waals surface area contributed by atoms with E-state index in [1.807, 2.05) is 35.2 Å². The van der Waals surface area contributed by atoms with Gasteiger partial charge in [-0.15, -0.1) is 0 Å². The van der Waals surface area contributed by atoms with Crippen LogP contribution in [0.5, 0.6) is 5.75 Å². The number of ether oxygens (including phenoxy) is 1. The molecule has 0 heterocycles. The summed E-state index contributed by atoms with van der Waals surface area (Å²) in [5.74, 6) is 0.966. The molecule has 0 spiro atoms. The van der Waals surface area contributed by atoms with Crippen LogP contribution in [0, 0.1) is 0 Å². The van der Waals surface area contributed by atoms with Crippen LogP contribution in [0.3, 0.4) is 0 Å². The van der Waals surface area contributed by atoms with Gasteiger partial charge >= 0.3 is 0 Å². The van der Waals surface area contributed by atoms with Gasteiger partial charge in [-0.1, -0.05) is 23.4 Å². The Labute approximate surface area is 124 Å². The second-order valence-corrected chi connectivity index (χ2v) is 5.07. The monoisotopic (exact) mass is 291 g/mol. The minimum absolute atomic E-state index is 0.0548. The van der Waals surface area contributed by atoms with E-state index in [9.17, 15) is 4.79 Å². The second-order valence-electron chi connectivity index (χ2n) is 5.07. The van der Waals surface area contributed by atoms with Crippen LogP contribution in [-0.2, 0) is 4.79 Å². The number of amides is 1. The standard InChI is InChI=1S/C15H21N3O3/c16-14(17-20)8-10-18(12-6-7-12)15(19)9-11-21-13-4-2-1-3-5-13/h1-5,12,20H,6-11H2,(H2,16,17). The number of hydrogen-bond acceptors (Lipinski definition) is 4. The van der Waals surface area contributed by atoms with Crippen molar-refractivity contribution in [2.45, 2.75) is 31.7 Å². The summed E-state index contributed by atoms with van der Waals surface area (Å²) < 4.78 is 5.54. The Bertz CT molecular complexity index is 486. The lowest BCUT2D eigenvalue weighted by molar-refractivity contribution is -0.132. The molecule has 21 heavy (non-hydrogen) atoms. The van der Waals surface area contributed by atoms with Gasteiger partial charge in [0.2, 0.25) is 5.91 Å². The van der Waals surface area contributed by atoms with Gasteiger partial charge in [-0.3, -0.25) is 4.79 Å². The zero-order valence-corrected chi connectivity index (χ0v) is 11.9. The summed E-state index contributed by atoms with van der Waals surface area (Å²) in [5.41, 5.74) is 5.46. The average Bonchev–Trinajstić information content (AvgIpc) is 3.33. The van der Waals surface area contributed by atoms with E-state index in [1.165, 1.54) is 0 Å². The van der Waals surface area contributed by atoms with Gasteiger partial charge in [0.25, 0.3) is 0 Å². The van der Waals surface area contributed by atoms with Crippen LogP contribution in [-0.4, -0.2) is 41.0 Å². The molecule has 6 heteroatoms. The number of amidine groups is 1. The predicted molar refractivity (Wildman–Crippen MR) is 79.3 cm³/mol. The van der Waals surface area contributed by atoms with Gasteiger partial charge in [0.15, 0.2) is 0 Å². The highest BCUT2D eigenvalue weighted by molar-refractivity contribution is 5.81. The van der Waals surface area contributed by atoms with Crippen molar-refractivity contribution in [2.75, 3.05) is 13.2 Å². The first-order chi connectivity index (χ1) is 10.2. The third-order valence-electron chi connectivity index (χ3n) is 3.37. The first kappa shape index (κ1) is 15.2. The Hall–Kier alpha value is -2.24. The molecule has 0 radical (unpaired) electrons. The van der Waals surface area contributed by atoms with Crippen molar-refractivity contribution >= 4 is 11.7 Å². The van der Waals surface area contributed by atoms with Crippen LogP contribution < -0.4 is 10.5 Å². The van der Waals surface area contributed by atoms with Gasteiger partial charge in [-0.2, -0.15) is 0 Å². The molecule has 0 unspecified atom stereocenters. The number of nitrogens with two attached hydrogens (primary N) is 1. The summed E-state index contributed by atoms with van der Waals surface area (Å²) >= 11 is 0. The topological polar surface area (TPSA) is 88.2 Å². The van der Waals surface area contributed by atoms with Crippen molar-refractivity contribution in [3.05, 3.63) is 30.3 Å². The van der Waals surface area contributed by atoms with E-state index in [1.54, 1.807) is 0 Å². The molecule has 1 aliphatic rings. The van der Waals surface area contributed by atoms with Gasteiger partial charge in [0.1, 0.15) is 11.6 Å². The van der Waals surface area contributed by atoms with Crippen LogP contribution in [0.2, 0.25) is 0 Å². The minimum Gasteiger partial charge on any atom is -0.493 e. The smallest absolute Gasteiger partial charge is 0.226 e. The fourth-order valence-corrected chi connectivity index (χ4v) is 2.10. The summed E-state index contributed by atoms with van der Waals surface area (Å²) in [7, 11) is 0. The molecule has 1 aromatic carbocycles. The third-order valence-corrected chi connectivity index (χ3v) is 3.37. The zero-order valence-electron chi connectivity index (χ0n) is 11.9. The van der Waals surface area contributed by atoms with Gasteiger partial charge in [0, 0.05) is 19.0 Å². The lowest BCUT2D eigenvalue weighted by Crippen LogP contribution is -2.36. The van der Waals surface area contributed by atoms with E-state index in [2.05, 4.69) is 5.16 Å². The number of hydrogen-bond donors (Lipinski definition) is 2. The Balaban J connectivity index is 1.76. The zero-order chi connectivity index (χ0) is 15.1. The van der Waals surface area contributed by atoms with E-state index < -0.39 is 0 Å². The summed E-state index contributed by atoms with van der Waals surface area (Å²) in [5, 5.41) is 11.5. The van der Waals surface area contributed by atoms with Gasteiger partial charge in [-0.05, 0) is 25.0 Å². The predicted octanol–water partition coefficient (Wildman–Crippen LogP) is 1.58. The maximum atomic E-state index is 12.2. The molecule has 0 saturated heterocycles. The first-order valence-corrected chi connectivity index (χ1v) is 7.14. The average molecular weight is 291 g/mol. The van der Waals surface area contributed by atoms with Crippen molar-refractivity contribution in [1.29, 1.82) is 0 Å². The van der Waals surface area contributed by atoms with Crippen molar-refractivity contribution in [2.24, 2.45) is 10.9 Å². The fraction of sp³-hybridized carbons (Fsp3) is 0.467. The summed E-state index contributed by atoms with van der Waals surface area (Å²) in [6.07, 6.45) is 2.78. The SMILES string of the molecule is NC(CCN(C(=O)CCOc1ccccc1)C1CC1)=NO. The molecule has 2 rings (SSSR count). The van der Waals surface area contributed by atoms with Crippen LogP contribution in [0.1, 0.15) is 25.7 Å². The Kier molecular flexibility index (Phi) is 5.43. The highest BCUT2D eigenvalue weighted by atomic mass is 16.5. The minimum atomic E-state index is 0.0548. The van der Waals surface area contributed by atoms with E-state index >= 15 is 0 Å². The largest absolute Gasteiger partial charge is 0.493 e. The number of carbonyl (C=O) groups is 1. The maximum absolute atomic E-state index is 12.2. The molecular formula is C15H21N3O3. The lowest BCUT2D eigenvalue weighted by atomic mass is 10.3. The number of oxime groups is 1. The molecule has 1 fully saturated rings. The van der Waals surface area contributed by atoms with Crippen LogP contribution >= 0.6 is 0 Å². The van der Waals surface area contributed by atoms with E-state index in [-0.39, 0.29) is 11.7 Å². The number of nitrogens with zero attached hydrogens (tertiary/aromatic N) is 2. The fourth-order valence-electron chi connectivity index (χ4n) is 2.10. The van der Waals surface area contributed by atoms with Crippen LogP contribution in [0.25, 0.3) is 0 Å². The number of benzene rings is 1. The molecule has 0 aromatic heterocycles. The molecule has 1 aliphatic carbocycles. The third kappa shape index (κ3) is 4.98. The van der Waals surface area contributed by atoms with Crippen LogP contribution in [0.4, 0.5) is 0 Å². The molecule has 1 saturated carbocycles. The van der Waals surface area contributed by atoms with E-state index in [4.69, 9.17) is 15.7 Å². The summed E-state index contributed by atoms with van der Waals surface area (Å²) in [6.45, 7) is 0.848. The highest BCUT2D eigenvalue weighted by Crippen LogP contribution is 2.27. The number of rotatable bonds is 8. The Morgan fingerprint density at radius 3 is 2.67 bits per heavy atom. The summed E-state index contributed by atoms with van der Waals surface area (Å²) in [4.78, 5) is 14.0. The quantitative estimate of drug-likeness (QED) is 0.329. The van der Waals surface area contributed by atoms with Gasteiger partial charge in [0.05, 0.1) is 13.0 Å². The maximum Gasteiger partial charge on any atom is 0.226 e. The van der Waals surface area contributed by atoms with Gasteiger partial charge < -0.3 is 20.6 Å². The second kappa shape index (κ2) is 7.52. The number of carbonyl (C=O) groups excluding carboxylic acids is 1. The lowest BCUT2D eigenvalue weighted by Gasteiger charge is -2.22. The first-order valence-electron chi connectivity index (χ1n) is 7.14. The van der Waals surface area contributed by atoms with Gasteiger partial charge in [-0.25, -0.2) is 0 Å². The van der Waals surface area contributed by atoms with Crippen molar-refractivity contribution in [3.8, 4) is 5.75 Å². The molecule has 3 N–H and O–H groups in total. The highest BCUT2D eigenvalue weighted by Gasteiger charge is 2.32. The molecule has 1 aromatic rings. The molecule has 6 nitrogen and oxygen atoms in total. The van der Waals surface area contributed by atoms with Crippen LogP contribution in [0.15, 0.2) is 35.5 Å². The van der Waals surface area contributed by atoms with Crippen molar-refractivity contribution in [1.82, 2.24) is 4.90 Å². The molecule has 1 amide bonds. The molecule has 0 atom stereocenters. The molecule has 0 bridgehead atoms. The number of para-hydroxylation sites is 1. The van der Waals surface area contributed by atoms with E-state index in [0.717, 1.165) is 18.6 Å². The van der Waals surface area contributed by atoms with Crippen molar-refractivity contribution < 1.29 is 14.7 Å². The molecule has 0 aliphatic heterocycles. The van der Waals surface area contributed by atoms with E-state index in [0.29, 0.717) is 32.0 Å². The molecule has 114 valence electrons. The normalized spacial score (nSPS) is 14.8. The Morgan fingerprint density at radius 1 is 1.33 bits per heavy atom. The van der Waals surface area contributed by atoms with Crippen molar-refractivity contribution in [3.63, 3.8) is 0 Å². The Morgan fingerprint density at radius 2 is 2.05 bits per heavy atom. The summed E-state index contributed by atoms with van der Waals surface area (Å²) in [6, 6.07) is 9.74.